The van der Waals surface area contributed by atoms with Gasteiger partial charge >= 0.3 is 5.97 Å². The predicted octanol–water partition coefficient (Wildman–Crippen LogP) is 0.690. The highest BCUT2D eigenvalue weighted by atomic mass is 35.7. The molecule has 0 saturated carbocycles. The normalized spacial score (nSPS) is 11.6. The van der Waals surface area contributed by atoms with Crippen molar-refractivity contribution in [1.82, 2.24) is 9.97 Å². The highest BCUT2D eigenvalue weighted by Crippen LogP contribution is 2.12. The summed E-state index contributed by atoms with van der Waals surface area (Å²) >= 11 is 0. The Morgan fingerprint density at radius 2 is 2.11 bits per heavy atom. The maximum Gasteiger partial charge on any atom is 0.335 e. The number of aromatic nitrogens is 2. The number of H-pyrrole nitrogens is 1. The van der Waals surface area contributed by atoms with Crippen LogP contribution in [0.5, 0.6) is 0 Å². The third-order valence-corrected chi connectivity index (χ3v) is 3.26. The lowest BCUT2D eigenvalue weighted by Gasteiger charge is -2.02. The average Bonchev–Trinajstić information content (AvgIpc) is 2.25. The second-order valence-corrected chi connectivity index (χ2v) is 6.51. The summed E-state index contributed by atoms with van der Waals surface area (Å²) in [7, 11) is 1.20. The van der Waals surface area contributed by atoms with E-state index in [2.05, 4.69) is 9.97 Å². The van der Waals surface area contributed by atoms with Gasteiger partial charge in [0, 0.05) is 10.7 Å². The molecule has 1 aromatic carbocycles. The summed E-state index contributed by atoms with van der Waals surface area (Å²) in [6.07, 6.45) is 0. The van der Waals surface area contributed by atoms with Gasteiger partial charge in [0.05, 0.1) is 16.5 Å². The zero-order chi connectivity index (χ0) is 14.2. The van der Waals surface area contributed by atoms with E-state index < -0.39 is 26.3 Å². The number of halogens is 1. The van der Waals surface area contributed by atoms with Crippen LogP contribution in [-0.4, -0.2) is 29.5 Å². The molecule has 0 atom stereocenters. The van der Waals surface area contributed by atoms with Crippen LogP contribution in [0.25, 0.3) is 10.9 Å². The van der Waals surface area contributed by atoms with Crippen molar-refractivity contribution in [1.29, 1.82) is 0 Å². The highest BCUT2D eigenvalue weighted by molar-refractivity contribution is 8.13. The molecule has 2 N–H and O–H groups in total. The van der Waals surface area contributed by atoms with E-state index >= 15 is 0 Å². The summed E-state index contributed by atoms with van der Waals surface area (Å²) in [5, 5.41) is 9.01. The fraction of sp³-hybridized carbons (Fsp3) is 0.100. The Balaban J connectivity index is 2.66. The molecule has 1 aromatic heterocycles. The maximum atomic E-state index is 11.7. The maximum absolute atomic E-state index is 11.7. The molecule has 0 radical (unpaired) electrons. The minimum Gasteiger partial charge on any atom is -0.478 e. The number of aromatic carboxylic acids is 1. The first kappa shape index (κ1) is 13.5. The monoisotopic (exact) mass is 302 g/mol. The Bertz CT molecular complexity index is 827. The lowest BCUT2D eigenvalue weighted by molar-refractivity contribution is 0.0697. The minimum absolute atomic E-state index is 0.0507. The molecule has 1 heterocycles. The van der Waals surface area contributed by atoms with Crippen LogP contribution in [-0.2, 0) is 14.8 Å². The quantitative estimate of drug-likeness (QED) is 0.805. The molecular weight excluding hydrogens is 296 g/mol. The first-order valence-corrected chi connectivity index (χ1v) is 7.43. The number of fused-ring (bicyclic) bond motifs is 1. The fourth-order valence-electron chi connectivity index (χ4n) is 1.55. The Kier molecular flexibility index (Phi) is 3.29. The summed E-state index contributed by atoms with van der Waals surface area (Å²) in [5.41, 5.74) is -0.512. The van der Waals surface area contributed by atoms with Crippen molar-refractivity contribution in [2.45, 2.75) is 5.75 Å². The smallest absolute Gasteiger partial charge is 0.335 e. The number of carbonyl (C=O) groups is 1. The number of nitrogens with zero attached hydrogens (tertiary/aromatic N) is 1. The molecule has 0 unspecified atom stereocenters. The third-order valence-electron chi connectivity index (χ3n) is 2.31. The molecular formula is C10H7ClN2O5S. The van der Waals surface area contributed by atoms with Crippen LogP contribution in [0.3, 0.4) is 0 Å². The molecule has 2 aromatic rings. The van der Waals surface area contributed by atoms with Crippen LogP contribution in [0.2, 0.25) is 0 Å². The van der Waals surface area contributed by atoms with E-state index in [1.165, 1.54) is 18.2 Å². The molecule has 0 bridgehead atoms. The molecule has 0 amide bonds. The number of nitrogens with one attached hydrogen (secondary N) is 1. The molecule has 2 rings (SSSR count). The SMILES string of the molecule is O=C(O)c1ccc2c(=O)[nH]c(CS(=O)(=O)Cl)nc2c1. The van der Waals surface area contributed by atoms with Gasteiger partial charge in [-0.05, 0) is 18.2 Å². The van der Waals surface area contributed by atoms with E-state index in [1.807, 2.05) is 0 Å². The Labute approximate surface area is 111 Å². The van der Waals surface area contributed by atoms with Crippen molar-refractivity contribution < 1.29 is 18.3 Å². The van der Waals surface area contributed by atoms with Crippen LogP contribution in [0.15, 0.2) is 23.0 Å². The number of benzene rings is 1. The van der Waals surface area contributed by atoms with Crippen LogP contribution in [0.4, 0.5) is 0 Å². The number of aromatic amines is 1. The van der Waals surface area contributed by atoms with Gasteiger partial charge in [0.15, 0.2) is 0 Å². The van der Waals surface area contributed by atoms with Crippen LogP contribution < -0.4 is 5.56 Å². The highest BCUT2D eigenvalue weighted by Gasteiger charge is 2.12. The van der Waals surface area contributed by atoms with Crippen molar-refractivity contribution in [3.63, 3.8) is 0 Å². The first-order chi connectivity index (χ1) is 8.76. The van der Waals surface area contributed by atoms with Gasteiger partial charge in [-0.1, -0.05) is 0 Å². The molecule has 0 aliphatic rings. The van der Waals surface area contributed by atoms with E-state index in [0.717, 1.165) is 0 Å². The summed E-state index contributed by atoms with van der Waals surface area (Å²) in [6.45, 7) is 0. The van der Waals surface area contributed by atoms with Gasteiger partial charge in [0.2, 0.25) is 9.05 Å². The molecule has 7 nitrogen and oxygen atoms in total. The number of rotatable bonds is 3. The van der Waals surface area contributed by atoms with Crippen LogP contribution in [0, 0.1) is 0 Å². The molecule has 0 saturated heterocycles. The molecule has 0 aliphatic heterocycles. The Morgan fingerprint density at radius 3 is 2.68 bits per heavy atom. The van der Waals surface area contributed by atoms with Gasteiger partial charge in [-0.3, -0.25) is 4.79 Å². The number of hydrogen-bond acceptors (Lipinski definition) is 5. The average molecular weight is 303 g/mol. The zero-order valence-electron chi connectivity index (χ0n) is 9.25. The predicted molar refractivity (Wildman–Crippen MR) is 67.8 cm³/mol. The van der Waals surface area contributed by atoms with E-state index in [9.17, 15) is 18.0 Å². The number of hydrogen-bond donors (Lipinski definition) is 2. The molecule has 0 spiro atoms. The zero-order valence-corrected chi connectivity index (χ0v) is 10.8. The lowest BCUT2D eigenvalue weighted by atomic mass is 10.1. The van der Waals surface area contributed by atoms with Crippen molar-refractivity contribution in [2.24, 2.45) is 0 Å². The standard InChI is InChI=1S/C10H7ClN2O5S/c11-19(17,18)4-8-12-7-3-5(10(15)16)1-2-6(7)9(14)13-8/h1-3H,4H2,(H,15,16)(H,12,13,14). The van der Waals surface area contributed by atoms with Gasteiger partial charge in [-0.15, -0.1) is 0 Å². The Morgan fingerprint density at radius 1 is 1.42 bits per heavy atom. The van der Waals surface area contributed by atoms with Crippen molar-refractivity contribution in [3.8, 4) is 0 Å². The number of carboxylic acids is 1. The summed E-state index contributed by atoms with van der Waals surface area (Å²) in [5.74, 6) is -1.96. The van der Waals surface area contributed by atoms with Gasteiger partial charge in [-0.2, -0.15) is 0 Å². The largest absolute Gasteiger partial charge is 0.478 e. The second-order valence-electron chi connectivity index (χ2n) is 3.73. The Hall–Kier alpha value is -1.93. The first-order valence-electron chi connectivity index (χ1n) is 4.95. The van der Waals surface area contributed by atoms with Crippen molar-refractivity contribution in [3.05, 3.63) is 39.9 Å². The molecule has 100 valence electrons. The van der Waals surface area contributed by atoms with Crippen LogP contribution >= 0.6 is 10.7 Å². The molecule has 0 fully saturated rings. The minimum atomic E-state index is -3.87. The topological polar surface area (TPSA) is 117 Å². The van der Waals surface area contributed by atoms with Gasteiger partial charge in [0.25, 0.3) is 5.56 Å². The third kappa shape index (κ3) is 3.09. The summed E-state index contributed by atoms with van der Waals surface area (Å²) in [4.78, 5) is 28.7. The van der Waals surface area contributed by atoms with Crippen molar-refractivity contribution >= 4 is 36.6 Å². The summed E-state index contributed by atoms with van der Waals surface area (Å²) in [6, 6.07) is 3.76. The number of carboxylic acid groups (broad SMARTS) is 1. The molecule has 0 aliphatic carbocycles. The second kappa shape index (κ2) is 4.63. The van der Waals surface area contributed by atoms with E-state index in [0.29, 0.717) is 0 Å². The van der Waals surface area contributed by atoms with Gasteiger partial charge in [-0.25, -0.2) is 18.2 Å². The van der Waals surface area contributed by atoms with Crippen molar-refractivity contribution in [2.75, 3.05) is 0 Å². The summed E-state index contributed by atoms with van der Waals surface area (Å²) < 4.78 is 21.9. The fourth-order valence-corrected chi connectivity index (χ4v) is 2.33. The molecule has 9 heteroatoms. The van der Waals surface area contributed by atoms with E-state index in [-0.39, 0.29) is 22.3 Å². The van der Waals surface area contributed by atoms with Crippen LogP contribution in [0.1, 0.15) is 16.2 Å². The van der Waals surface area contributed by atoms with E-state index in [1.54, 1.807) is 0 Å². The van der Waals surface area contributed by atoms with Gasteiger partial charge < -0.3 is 10.1 Å². The molecule has 19 heavy (non-hydrogen) atoms. The van der Waals surface area contributed by atoms with Gasteiger partial charge in [0.1, 0.15) is 11.6 Å². The van der Waals surface area contributed by atoms with E-state index in [4.69, 9.17) is 15.8 Å². The lowest BCUT2D eigenvalue weighted by Crippen LogP contribution is -2.14.